The third-order valence-electron chi connectivity index (χ3n) is 4.19. The molecule has 1 aliphatic carbocycles. The molecule has 0 spiro atoms. The standard InChI is InChI=1S/C15H17ClN4/c16-11-2-3-12-10(8-11)9-13-14(12)18-19-15(13)20-6-1-4-17-5-7-20/h2-3,8,17H,1,4-7,9H2,(H,18,19). The van der Waals surface area contributed by atoms with Gasteiger partial charge in [0.05, 0.1) is 5.69 Å². The van der Waals surface area contributed by atoms with Gasteiger partial charge in [-0.2, -0.15) is 5.10 Å². The minimum atomic E-state index is 0.808. The van der Waals surface area contributed by atoms with Gasteiger partial charge in [-0.1, -0.05) is 17.7 Å². The van der Waals surface area contributed by atoms with Crippen LogP contribution in [0.3, 0.4) is 0 Å². The Morgan fingerprint density at radius 2 is 2.15 bits per heavy atom. The van der Waals surface area contributed by atoms with Crippen molar-refractivity contribution < 1.29 is 0 Å². The molecule has 1 aromatic heterocycles. The number of aromatic nitrogens is 2. The number of aromatic amines is 1. The van der Waals surface area contributed by atoms with Crippen molar-refractivity contribution in [3.63, 3.8) is 0 Å². The van der Waals surface area contributed by atoms with Crippen LogP contribution < -0.4 is 10.2 Å². The highest BCUT2D eigenvalue weighted by Crippen LogP contribution is 2.40. The molecule has 0 radical (unpaired) electrons. The van der Waals surface area contributed by atoms with Crippen LogP contribution in [0, 0.1) is 0 Å². The minimum absolute atomic E-state index is 0.808. The lowest BCUT2D eigenvalue weighted by Crippen LogP contribution is -2.28. The lowest BCUT2D eigenvalue weighted by atomic mass is 10.1. The van der Waals surface area contributed by atoms with Gasteiger partial charge in [-0.25, -0.2) is 0 Å². The molecule has 20 heavy (non-hydrogen) atoms. The molecule has 0 atom stereocenters. The molecule has 1 fully saturated rings. The number of halogens is 1. The fraction of sp³-hybridized carbons (Fsp3) is 0.400. The Balaban J connectivity index is 1.71. The Labute approximate surface area is 123 Å². The molecular formula is C15H17ClN4. The molecule has 2 N–H and O–H groups in total. The van der Waals surface area contributed by atoms with Crippen molar-refractivity contribution in [3.8, 4) is 11.3 Å². The number of nitrogens with one attached hydrogen (secondary N) is 2. The Hall–Kier alpha value is -1.52. The first-order valence-electron chi connectivity index (χ1n) is 7.14. The second-order valence-electron chi connectivity index (χ2n) is 5.47. The summed E-state index contributed by atoms with van der Waals surface area (Å²) in [4.78, 5) is 2.39. The van der Waals surface area contributed by atoms with Gasteiger partial charge in [-0.3, -0.25) is 5.10 Å². The predicted molar refractivity (Wildman–Crippen MR) is 81.5 cm³/mol. The number of H-pyrrole nitrogens is 1. The fourth-order valence-electron chi connectivity index (χ4n) is 3.21. The first-order chi connectivity index (χ1) is 9.83. The summed E-state index contributed by atoms with van der Waals surface area (Å²) in [5.74, 6) is 1.12. The van der Waals surface area contributed by atoms with Crippen molar-refractivity contribution >= 4 is 17.4 Å². The average Bonchev–Trinajstić information content (AvgIpc) is 2.87. The van der Waals surface area contributed by atoms with Crippen LogP contribution >= 0.6 is 11.6 Å². The lowest BCUT2D eigenvalue weighted by Gasteiger charge is -2.20. The average molecular weight is 289 g/mol. The molecule has 5 heteroatoms. The Bertz CT molecular complexity index is 641. The van der Waals surface area contributed by atoms with Crippen LogP contribution in [0.5, 0.6) is 0 Å². The molecule has 0 amide bonds. The van der Waals surface area contributed by atoms with Crippen LogP contribution in [0.25, 0.3) is 11.3 Å². The summed E-state index contributed by atoms with van der Waals surface area (Å²) in [6.45, 7) is 4.22. The van der Waals surface area contributed by atoms with E-state index in [4.69, 9.17) is 11.6 Å². The minimum Gasteiger partial charge on any atom is -0.354 e. The van der Waals surface area contributed by atoms with Crippen molar-refractivity contribution in [2.24, 2.45) is 0 Å². The van der Waals surface area contributed by atoms with Crippen LogP contribution in [0.15, 0.2) is 18.2 Å². The highest BCUT2D eigenvalue weighted by atomic mass is 35.5. The molecule has 0 bridgehead atoms. The maximum Gasteiger partial charge on any atom is 0.154 e. The summed E-state index contributed by atoms with van der Waals surface area (Å²) in [5, 5.41) is 12.0. The van der Waals surface area contributed by atoms with Gasteiger partial charge in [-0.05, 0) is 30.7 Å². The molecule has 4 nitrogen and oxygen atoms in total. The molecule has 2 aromatic rings. The Kier molecular flexibility index (Phi) is 2.93. The van der Waals surface area contributed by atoms with Crippen LogP contribution in [0.1, 0.15) is 17.5 Å². The maximum atomic E-state index is 6.10. The van der Waals surface area contributed by atoms with Crippen molar-refractivity contribution in [2.75, 3.05) is 31.1 Å². The van der Waals surface area contributed by atoms with Gasteiger partial charge in [0, 0.05) is 42.2 Å². The molecule has 2 heterocycles. The van der Waals surface area contributed by atoms with E-state index in [0.29, 0.717) is 0 Å². The van der Waals surface area contributed by atoms with E-state index in [0.717, 1.165) is 43.4 Å². The molecule has 1 aliphatic heterocycles. The maximum absolute atomic E-state index is 6.10. The summed E-state index contributed by atoms with van der Waals surface area (Å²) >= 11 is 6.10. The van der Waals surface area contributed by atoms with Crippen LogP contribution in [0.2, 0.25) is 5.02 Å². The number of benzene rings is 1. The third-order valence-corrected chi connectivity index (χ3v) is 4.42. The van der Waals surface area contributed by atoms with Gasteiger partial charge in [-0.15, -0.1) is 0 Å². The predicted octanol–water partition coefficient (Wildman–Crippen LogP) is 2.43. The molecule has 1 aromatic carbocycles. The number of fused-ring (bicyclic) bond motifs is 3. The second kappa shape index (κ2) is 4.79. The quantitative estimate of drug-likeness (QED) is 0.723. The van der Waals surface area contributed by atoms with Gasteiger partial charge in [0.2, 0.25) is 0 Å². The van der Waals surface area contributed by atoms with E-state index < -0.39 is 0 Å². The van der Waals surface area contributed by atoms with E-state index in [-0.39, 0.29) is 0 Å². The fourth-order valence-corrected chi connectivity index (χ4v) is 3.40. The van der Waals surface area contributed by atoms with Crippen molar-refractivity contribution in [1.29, 1.82) is 0 Å². The smallest absolute Gasteiger partial charge is 0.154 e. The Morgan fingerprint density at radius 3 is 3.10 bits per heavy atom. The van der Waals surface area contributed by atoms with Gasteiger partial charge in [0.15, 0.2) is 5.82 Å². The van der Waals surface area contributed by atoms with Gasteiger partial charge < -0.3 is 10.2 Å². The molecule has 2 aliphatic rings. The summed E-state index contributed by atoms with van der Waals surface area (Å²) in [6, 6.07) is 6.11. The molecule has 4 rings (SSSR count). The van der Waals surface area contributed by atoms with Gasteiger partial charge in [0.1, 0.15) is 0 Å². The molecular weight excluding hydrogens is 272 g/mol. The summed E-state index contributed by atoms with van der Waals surface area (Å²) in [5.41, 5.74) is 5.04. The highest BCUT2D eigenvalue weighted by Gasteiger charge is 2.27. The first kappa shape index (κ1) is 12.2. The number of anilines is 1. The van der Waals surface area contributed by atoms with Gasteiger partial charge >= 0.3 is 0 Å². The topological polar surface area (TPSA) is 44.0 Å². The molecule has 1 saturated heterocycles. The Morgan fingerprint density at radius 1 is 1.20 bits per heavy atom. The zero-order chi connectivity index (χ0) is 13.5. The van der Waals surface area contributed by atoms with E-state index in [2.05, 4.69) is 32.5 Å². The van der Waals surface area contributed by atoms with E-state index in [1.54, 1.807) is 0 Å². The van der Waals surface area contributed by atoms with E-state index in [1.807, 2.05) is 6.07 Å². The molecule has 0 unspecified atom stereocenters. The largest absolute Gasteiger partial charge is 0.354 e. The van der Waals surface area contributed by atoms with Crippen molar-refractivity contribution in [3.05, 3.63) is 34.3 Å². The summed E-state index contributed by atoms with van der Waals surface area (Å²) in [7, 11) is 0. The van der Waals surface area contributed by atoms with Crippen LogP contribution in [0.4, 0.5) is 5.82 Å². The monoisotopic (exact) mass is 288 g/mol. The zero-order valence-corrected chi connectivity index (χ0v) is 12.0. The second-order valence-corrected chi connectivity index (χ2v) is 5.91. The van der Waals surface area contributed by atoms with Crippen LogP contribution in [-0.2, 0) is 6.42 Å². The number of rotatable bonds is 1. The summed E-state index contributed by atoms with van der Waals surface area (Å²) < 4.78 is 0. The zero-order valence-electron chi connectivity index (χ0n) is 11.2. The number of nitrogens with zero attached hydrogens (tertiary/aromatic N) is 2. The van der Waals surface area contributed by atoms with E-state index in [1.165, 1.54) is 28.8 Å². The van der Waals surface area contributed by atoms with E-state index in [9.17, 15) is 0 Å². The molecule has 104 valence electrons. The van der Waals surface area contributed by atoms with Gasteiger partial charge in [0.25, 0.3) is 0 Å². The normalized spacial score (nSPS) is 17.8. The van der Waals surface area contributed by atoms with Crippen molar-refractivity contribution in [1.82, 2.24) is 15.5 Å². The highest BCUT2D eigenvalue weighted by molar-refractivity contribution is 6.30. The first-order valence-corrected chi connectivity index (χ1v) is 7.52. The van der Waals surface area contributed by atoms with E-state index >= 15 is 0 Å². The lowest BCUT2D eigenvalue weighted by molar-refractivity contribution is 0.724. The summed E-state index contributed by atoms with van der Waals surface area (Å²) in [6.07, 6.45) is 2.10. The number of hydrogen-bond acceptors (Lipinski definition) is 3. The van der Waals surface area contributed by atoms with Crippen LogP contribution in [-0.4, -0.2) is 36.4 Å². The molecule has 0 saturated carbocycles. The number of hydrogen-bond donors (Lipinski definition) is 2. The van der Waals surface area contributed by atoms with Crippen molar-refractivity contribution in [2.45, 2.75) is 12.8 Å². The SMILES string of the molecule is Clc1ccc2c(c1)Cc1c(N3CCCNCC3)n[nH]c1-2. The third kappa shape index (κ3) is 1.91.